The minimum atomic E-state index is -0.351. The minimum Gasteiger partial charge on any atom is -0.493 e. The molecular weight excluding hydrogens is 526 g/mol. The lowest BCUT2D eigenvalue weighted by Gasteiger charge is -2.38. The molecule has 3 aromatic rings. The second kappa shape index (κ2) is 8.16. The number of ether oxygens (including phenoxy) is 3. The number of methoxy groups -OCH3 is 2. The lowest BCUT2D eigenvalue weighted by atomic mass is 9.96. The van der Waals surface area contributed by atoms with E-state index in [4.69, 9.17) is 19.3 Å². The summed E-state index contributed by atoms with van der Waals surface area (Å²) >= 11 is 7.28. The maximum atomic E-state index is 6.46. The Morgan fingerprint density at radius 2 is 1.77 bits per heavy atom. The topological polar surface area (TPSA) is 56.2 Å². The summed E-state index contributed by atoms with van der Waals surface area (Å²) in [7, 11) is 3.27. The molecule has 0 radical (unpaired) electrons. The van der Waals surface area contributed by atoms with E-state index in [1.165, 1.54) is 0 Å². The van der Waals surface area contributed by atoms with Crippen LogP contribution < -0.4 is 14.2 Å². The number of aromatic nitrogens is 1. The van der Waals surface area contributed by atoms with Crippen LogP contribution in [0.2, 0.25) is 0 Å². The van der Waals surface area contributed by atoms with Crippen molar-refractivity contribution in [3.8, 4) is 17.2 Å². The van der Waals surface area contributed by atoms with Crippen molar-refractivity contribution in [1.29, 1.82) is 0 Å². The van der Waals surface area contributed by atoms with Crippen LogP contribution in [0, 0.1) is 0 Å². The van der Waals surface area contributed by atoms with Crippen molar-refractivity contribution < 1.29 is 14.2 Å². The average Bonchev–Trinajstić information content (AvgIpc) is 3.24. The summed E-state index contributed by atoms with van der Waals surface area (Å²) in [6.45, 7) is 0. The van der Waals surface area contributed by atoms with E-state index >= 15 is 0 Å². The summed E-state index contributed by atoms with van der Waals surface area (Å²) in [5.41, 5.74) is 4.05. The van der Waals surface area contributed by atoms with E-state index < -0.39 is 0 Å². The number of halogens is 2. The van der Waals surface area contributed by atoms with Crippen LogP contribution in [0.5, 0.6) is 17.2 Å². The molecule has 6 nitrogen and oxygen atoms in total. The molecule has 0 saturated carbocycles. The second-order valence-corrected chi connectivity index (χ2v) is 9.04. The number of pyridine rings is 1. The highest BCUT2D eigenvalue weighted by molar-refractivity contribution is 9.11. The van der Waals surface area contributed by atoms with Crippen LogP contribution in [0.3, 0.4) is 0 Å². The summed E-state index contributed by atoms with van der Waals surface area (Å²) in [4.78, 5) is 4.15. The maximum absolute atomic E-state index is 6.46. The van der Waals surface area contributed by atoms with Crippen molar-refractivity contribution in [2.75, 3.05) is 14.2 Å². The zero-order valence-electron chi connectivity index (χ0n) is 16.9. The molecule has 31 heavy (non-hydrogen) atoms. The van der Waals surface area contributed by atoms with Crippen molar-refractivity contribution in [3.05, 3.63) is 80.5 Å². The Labute approximate surface area is 197 Å². The number of benzene rings is 2. The molecule has 2 aliphatic rings. The molecule has 2 aromatic carbocycles. The van der Waals surface area contributed by atoms with E-state index in [1.807, 2.05) is 41.4 Å². The van der Waals surface area contributed by atoms with Crippen LogP contribution in [-0.2, 0) is 0 Å². The first-order valence-electron chi connectivity index (χ1n) is 9.72. The summed E-state index contributed by atoms with van der Waals surface area (Å²) in [5, 5.41) is 7.05. The number of hydrazone groups is 1. The molecule has 2 aliphatic heterocycles. The molecule has 0 bridgehead atoms. The fraction of sp³-hybridized carbons (Fsp3) is 0.217. The third-order valence-corrected chi connectivity index (χ3v) is 6.56. The maximum Gasteiger partial charge on any atom is 0.214 e. The van der Waals surface area contributed by atoms with Gasteiger partial charge in [0.15, 0.2) is 11.5 Å². The van der Waals surface area contributed by atoms with Crippen molar-refractivity contribution in [3.63, 3.8) is 0 Å². The monoisotopic (exact) mass is 543 g/mol. The average molecular weight is 545 g/mol. The molecule has 1 aromatic heterocycles. The predicted molar refractivity (Wildman–Crippen MR) is 125 cm³/mol. The van der Waals surface area contributed by atoms with Gasteiger partial charge in [-0.3, -0.25) is 4.98 Å². The van der Waals surface area contributed by atoms with Gasteiger partial charge in [0.2, 0.25) is 6.23 Å². The van der Waals surface area contributed by atoms with Crippen LogP contribution >= 0.6 is 31.9 Å². The van der Waals surface area contributed by atoms with E-state index in [0.29, 0.717) is 11.5 Å². The molecule has 2 unspecified atom stereocenters. The molecule has 5 rings (SSSR count). The number of nitrogens with zero attached hydrogens (tertiary/aromatic N) is 3. The van der Waals surface area contributed by atoms with Gasteiger partial charge in [-0.25, -0.2) is 5.01 Å². The third-order valence-electron chi connectivity index (χ3n) is 5.52. The number of fused-ring (bicyclic) bond motifs is 3. The fourth-order valence-electron chi connectivity index (χ4n) is 4.05. The Kier molecular flexibility index (Phi) is 5.35. The van der Waals surface area contributed by atoms with E-state index in [-0.39, 0.29) is 12.3 Å². The van der Waals surface area contributed by atoms with Crippen LogP contribution in [0.4, 0.5) is 0 Å². The van der Waals surface area contributed by atoms with Gasteiger partial charge in [-0.2, -0.15) is 5.10 Å². The molecule has 0 amide bonds. The first-order valence-corrected chi connectivity index (χ1v) is 11.3. The first kappa shape index (κ1) is 20.3. The standard InChI is InChI=1S/C23H19Br2N3O3/c1-29-20-4-3-14(9-21(20)30-2)18-12-19-16-10-15(24)11-17(25)22(16)31-23(28(19)27-18)13-5-7-26-8-6-13/h3-11,19,23H,12H2,1-2H3. The van der Waals surface area contributed by atoms with E-state index in [1.54, 1.807) is 26.6 Å². The van der Waals surface area contributed by atoms with Crippen molar-refractivity contribution in [1.82, 2.24) is 9.99 Å². The van der Waals surface area contributed by atoms with Gasteiger partial charge in [-0.1, -0.05) is 15.9 Å². The molecule has 0 spiro atoms. The lowest BCUT2D eigenvalue weighted by Crippen LogP contribution is -2.33. The van der Waals surface area contributed by atoms with Gasteiger partial charge in [-0.15, -0.1) is 0 Å². The quantitative estimate of drug-likeness (QED) is 0.411. The Balaban J connectivity index is 1.61. The summed E-state index contributed by atoms with van der Waals surface area (Å²) < 4.78 is 19.2. The Bertz CT molecular complexity index is 1170. The van der Waals surface area contributed by atoms with Crippen LogP contribution in [0.25, 0.3) is 0 Å². The Morgan fingerprint density at radius 1 is 1.00 bits per heavy atom. The molecule has 0 fully saturated rings. The van der Waals surface area contributed by atoms with E-state index in [2.05, 4.69) is 42.9 Å². The van der Waals surface area contributed by atoms with Crippen LogP contribution in [0.1, 0.15) is 35.4 Å². The normalized spacial score (nSPS) is 19.2. The van der Waals surface area contributed by atoms with Crippen molar-refractivity contribution >= 4 is 37.6 Å². The number of rotatable bonds is 4. The van der Waals surface area contributed by atoms with E-state index in [0.717, 1.165) is 43.5 Å². The van der Waals surface area contributed by atoms with Gasteiger partial charge in [-0.05, 0) is 58.4 Å². The molecule has 158 valence electrons. The highest BCUT2D eigenvalue weighted by Gasteiger charge is 2.42. The Hall–Kier alpha value is -2.58. The second-order valence-electron chi connectivity index (χ2n) is 7.27. The fourth-order valence-corrected chi connectivity index (χ4v) is 5.40. The SMILES string of the molecule is COc1ccc(C2=NN3C(C2)c2cc(Br)cc(Br)c2OC3c2ccncc2)cc1OC. The Morgan fingerprint density at radius 3 is 2.52 bits per heavy atom. The van der Waals surface area contributed by atoms with Crippen molar-refractivity contribution in [2.45, 2.75) is 18.7 Å². The highest BCUT2D eigenvalue weighted by Crippen LogP contribution is 2.51. The van der Waals surface area contributed by atoms with E-state index in [9.17, 15) is 0 Å². The molecule has 0 saturated heterocycles. The van der Waals surface area contributed by atoms with Crippen LogP contribution in [-0.4, -0.2) is 29.9 Å². The van der Waals surface area contributed by atoms with Gasteiger partial charge < -0.3 is 14.2 Å². The summed E-state index contributed by atoms with van der Waals surface area (Å²) in [5.74, 6) is 2.22. The predicted octanol–water partition coefficient (Wildman–Crippen LogP) is 5.87. The summed E-state index contributed by atoms with van der Waals surface area (Å²) in [6.07, 6.45) is 3.94. The highest BCUT2D eigenvalue weighted by atomic mass is 79.9. The minimum absolute atomic E-state index is 0.0406. The third kappa shape index (κ3) is 3.57. The van der Waals surface area contributed by atoms with Gasteiger partial charge >= 0.3 is 0 Å². The molecule has 8 heteroatoms. The summed E-state index contributed by atoms with van der Waals surface area (Å²) in [6, 6.07) is 14.0. The first-order chi connectivity index (χ1) is 15.1. The zero-order valence-corrected chi connectivity index (χ0v) is 20.1. The molecule has 3 heterocycles. The molecule has 2 atom stereocenters. The lowest BCUT2D eigenvalue weighted by molar-refractivity contribution is -0.0197. The van der Waals surface area contributed by atoms with Gasteiger partial charge in [0.25, 0.3) is 0 Å². The molecular formula is C23H19Br2N3O3. The number of hydrogen-bond acceptors (Lipinski definition) is 6. The smallest absolute Gasteiger partial charge is 0.214 e. The zero-order chi connectivity index (χ0) is 21.5. The molecule has 0 aliphatic carbocycles. The largest absolute Gasteiger partial charge is 0.493 e. The van der Waals surface area contributed by atoms with Gasteiger partial charge in [0.05, 0.1) is 30.4 Å². The van der Waals surface area contributed by atoms with Gasteiger partial charge in [0, 0.05) is 40.0 Å². The van der Waals surface area contributed by atoms with Gasteiger partial charge in [0.1, 0.15) is 5.75 Å². The number of hydrogen-bond donors (Lipinski definition) is 0. The van der Waals surface area contributed by atoms with Crippen LogP contribution in [0.15, 0.2) is 68.9 Å². The molecule has 0 N–H and O–H groups in total. The van der Waals surface area contributed by atoms with Crippen molar-refractivity contribution in [2.24, 2.45) is 5.10 Å².